The Balaban J connectivity index is 1.80. The first-order chi connectivity index (χ1) is 10.1. The summed E-state index contributed by atoms with van der Waals surface area (Å²) in [5, 5.41) is 9.04. The molecule has 1 unspecified atom stereocenters. The minimum Gasteiger partial charge on any atom is -0.478 e. The molecule has 3 rings (SSSR count). The van der Waals surface area contributed by atoms with Crippen molar-refractivity contribution < 1.29 is 14.7 Å². The standard InChI is InChI=1S/C16H20N2O3/c1-11-3-2-7-17(10-11)16(21)18-8-6-12-9-13(15(19)20)4-5-14(12)18/h4-5,9,11H,2-3,6-8,10H2,1H3,(H,19,20). The number of urea groups is 1. The van der Waals surface area contributed by atoms with Crippen LogP contribution in [0.15, 0.2) is 18.2 Å². The van der Waals surface area contributed by atoms with Crippen molar-refractivity contribution in [2.24, 2.45) is 5.92 Å². The molecule has 1 aromatic rings. The quantitative estimate of drug-likeness (QED) is 0.864. The Kier molecular flexibility index (Phi) is 3.57. The number of hydrogen-bond acceptors (Lipinski definition) is 2. The average molecular weight is 288 g/mol. The summed E-state index contributed by atoms with van der Waals surface area (Å²) in [5.41, 5.74) is 2.10. The monoisotopic (exact) mass is 288 g/mol. The van der Waals surface area contributed by atoms with Crippen LogP contribution in [0.5, 0.6) is 0 Å². The minimum atomic E-state index is -0.924. The number of fused-ring (bicyclic) bond motifs is 1. The van der Waals surface area contributed by atoms with E-state index in [2.05, 4.69) is 6.92 Å². The maximum Gasteiger partial charge on any atom is 0.335 e. The van der Waals surface area contributed by atoms with E-state index in [9.17, 15) is 9.59 Å². The largest absolute Gasteiger partial charge is 0.478 e. The smallest absolute Gasteiger partial charge is 0.335 e. The highest BCUT2D eigenvalue weighted by atomic mass is 16.4. The van der Waals surface area contributed by atoms with Gasteiger partial charge in [0.05, 0.1) is 5.56 Å². The van der Waals surface area contributed by atoms with Gasteiger partial charge in [-0.3, -0.25) is 4.90 Å². The Labute approximate surface area is 124 Å². The summed E-state index contributed by atoms with van der Waals surface area (Å²) in [4.78, 5) is 27.4. The van der Waals surface area contributed by atoms with Gasteiger partial charge in [-0.25, -0.2) is 9.59 Å². The number of nitrogens with zero attached hydrogens (tertiary/aromatic N) is 2. The molecule has 112 valence electrons. The first-order valence-corrected chi connectivity index (χ1v) is 7.49. The zero-order chi connectivity index (χ0) is 15.0. The van der Waals surface area contributed by atoms with E-state index in [1.54, 1.807) is 23.1 Å². The maximum atomic E-state index is 12.7. The van der Waals surface area contributed by atoms with Crippen LogP contribution in [0.25, 0.3) is 0 Å². The molecule has 1 atom stereocenters. The van der Waals surface area contributed by atoms with Crippen LogP contribution in [0, 0.1) is 5.92 Å². The van der Waals surface area contributed by atoms with Gasteiger partial charge in [0, 0.05) is 25.3 Å². The molecule has 0 aliphatic carbocycles. The third-order valence-electron chi connectivity index (χ3n) is 4.38. The molecule has 5 nitrogen and oxygen atoms in total. The molecule has 2 aliphatic rings. The lowest BCUT2D eigenvalue weighted by Crippen LogP contribution is -2.46. The number of rotatable bonds is 1. The normalized spacial score (nSPS) is 21.3. The second-order valence-electron chi connectivity index (χ2n) is 6.03. The van der Waals surface area contributed by atoms with Crippen LogP contribution in [0.4, 0.5) is 10.5 Å². The Bertz CT molecular complexity index is 585. The SMILES string of the molecule is CC1CCCN(C(=O)N2CCc3cc(C(=O)O)ccc32)C1. The van der Waals surface area contributed by atoms with E-state index in [-0.39, 0.29) is 11.6 Å². The zero-order valence-electron chi connectivity index (χ0n) is 12.2. The van der Waals surface area contributed by atoms with Crippen LogP contribution in [-0.4, -0.2) is 41.6 Å². The van der Waals surface area contributed by atoms with E-state index >= 15 is 0 Å². The molecule has 21 heavy (non-hydrogen) atoms. The van der Waals surface area contributed by atoms with E-state index in [1.165, 1.54) is 6.42 Å². The van der Waals surface area contributed by atoms with Crippen molar-refractivity contribution in [2.75, 3.05) is 24.5 Å². The van der Waals surface area contributed by atoms with Crippen molar-refractivity contribution in [3.63, 3.8) is 0 Å². The molecule has 0 saturated carbocycles. The number of likely N-dealkylation sites (tertiary alicyclic amines) is 1. The van der Waals surface area contributed by atoms with Gasteiger partial charge in [0.25, 0.3) is 0 Å². The number of carbonyl (C=O) groups excluding carboxylic acids is 1. The van der Waals surface area contributed by atoms with Crippen LogP contribution >= 0.6 is 0 Å². The summed E-state index contributed by atoms with van der Waals surface area (Å²) < 4.78 is 0. The van der Waals surface area contributed by atoms with Gasteiger partial charge in [-0.15, -0.1) is 0 Å². The zero-order valence-corrected chi connectivity index (χ0v) is 12.2. The van der Waals surface area contributed by atoms with Gasteiger partial charge in [-0.2, -0.15) is 0 Å². The lowest BCUT2D eigenvalue weighted by atomic mass is 10.0. The molecule has 0 spiro atoms. The second-order valence-corrected chi connectivity index (χ2v) is 6.03. The topological polar surface area (TPSA) is 60.9 Å². The van der Waals surface area contributed by atoms with Gasteiger partial charge in [0.2, 0.25) is 0 Å². The van der Waals surface area contributed by atoms with Crippen molar-refractivity contribution in [1.29, 1.82) is 0 Å². The highest BCUT2D eigenvalue weighted by Gasteiger charge is 2.30. The van der Waals surface area contributed by atoms with E-state index in [1.807, 2.05) is 4.90 Å². The van der Waals surface area contributed by atoms with Crippen LogP contribution in [0.3, 0.4) is 0 Å². The molecule has 1 aromatic carbocycles. The van der Waals surface area contributed by atoms with E-state index in [4.69, 9.17) is 5.11 Å². The van der Waals surface area contributed by atoms with Gasteiger partial charge in [0.1, 0.15) is 0 Å². The third kappa shape index (κ3) is 2.60. The number of carbonyl (C=O) groups is 2. The highest BCUT2D eigenvalue weighted by Crippen LogP contribution is 2.30. The van der Waals surface area contributed by atoms with E-state index < -0.39 is 5.97 Å². The fourth-order valence-corrected chi connectivity index (χ4v) is 3.27. The molecule has 2 aliphatic heterocycles. The molecular formula is C16H20N2O3. The predicted molar refractivity (Wildman–Crippen MR) is 79.8 cm³/mol. The molecule has 1 saturated heterocycles. The fourth-order valence-electron chi connectivity index (χ4n) is 3.27. The summed E-state index contributed by atoms with van der Waals surface area (Å²) in [5.74, 6) is -0.369. The summed E-state index contributed by atoms with van der Waals surface area (Å²) in [7, 11) is 0. The van der Waals surface area contributed by atoms with Gasteiger partial charge in [-0.1, -0.05) is 6.92 Å². The van der Waals surface area contributed by atoms with Crippen LogP contribution in [0.1, 0.15) is 35.7 Å². The van der Waals surface area contributed by atoms with Crippen molar-refractivity contribution in [1.82, 2.24) is 4.90 Å². The number of carboxylic acid groups (broad SMARTS) is 1. The van der Waals surface area contributed by atoms with Crippen molar-refractivity contribution >= 4 is 17.7 Å². The number of amides is 2. The Morgan fingerprint density at radius 2 is 2.10 bits per heavy atom. The molecule has 1 N–H and O–H groups in total. The Morgan fingerprint density at radius 3 is 2.81 bits per heavy atom. The molecule has 0 radical (unpaired) electrons. The summed E-state index contributed by atoms with van der Waals surface area (Å²) >= 11 is 0. The number of hydrogen-bond donors (Lipinski definition) is 1. The molecule has 2 amide bonds. The lowest BCUT2D eigenvalue weighted by Gasteiger charge is -2.34. The third-order valence-corrected chi connectivity index (χ3v) is 4.38. The van der Waals surface area contributed by atoms with Crippen LogP contribution < -0.4 is 4.90 Å². The fraction of sp³-hybridized carbons (Fsp3) is 0.500. The summed E-state index contributed by atoms with van der Waals surface area (Å²) in [6.45, 7) is 4.46. The number of aromatic carboxylic acids is 1. The first kappa shape index (κ1) is 13.9. The molecule has 0 aromatic heterocycles. The highest BCUT2D eigenvalue weighted by molar-refractivity contribution is 5.96. The second kappa shape index (κ2) is 5.39. The van der Waals surface area contributed by atoms with Gasteiger partial charge >= 0.3 is 12.0 Å². The summed E-state index contributed by atoms with van der Waals surface area (Å²) in [6.07, 6.45) is 2.97. The van der Waals surface area contributed by atoms with Gasteiger partial charge < -0.3 is 10.0 Å². The van der Waals surface area contributed by atoms with Gasteiger partial charge in [-0.05, 0) is 48.9 Å². The van der Waals surface area contributed by atoms with E-state index in [0.29, 0.717) is 12.5 Å². The minimum absolute atomic E-state index is 0.0587. The average Bonchev–Trinajstić information content (AvgIpc) is 2.89. The van der Waals surface area contributed by atoms with Crippen LogP contribution in [-0.2, 0) is 6.42 Å². The van der Waals surface area contributed by atoms with Crippen molar-refractivity contribution in [3.05, 3.63) is 29.3 Å². The van der Waals surface area contributed by atoms with Crippen molar-refractivity contribution in [2.45, 2.75) is 26.2 Å². The molecule has 0 bridgehead atoms. The Hall–Kier alpha value is -2.04. The molecule has 1 fully saturated rings. The molecule has 2 heterocycles. The molecule has 5 heteroatoms. The summed E-state index contributed by atoms with van der Waals surface area (Å²) in [6, 6.07) is 5.08. The molecular weight excluding hydrogens is 268 g/mol. The first-order valence-electron chi connectivity index (χ1n) is 7.49. The number of anilines is 1. The number of benzene rings is 1. The number of piperidine rings is 1. The number of carboxylic acids is 1. The predicted octanol–water partition coefficient (Wildman–Crippen LogP) is 2.60. The maximum absolute atomic E-state index is 12.7. The Morgan fingerprint density at radius 1 is 1.29 bits per heavy atom. The van der Waals surface area contributed by atoms with Crippen LogP contribution in [0.2, 0.25) is 0 Å². The van der Waals surface area contributed by atoms with E-state index in [0.717, 1.165) is 37.2 Å². The lowest BCUT2D eigenvalue weighted by molar-refractivity contribution is 0.0697. The van der Waals surface area contributed by atoms with Gasteiger partial charge in [0.15, 0.2) is 0 Å². The van der Waals surface area contributed by atoms with Crippen molar-refractivity contribution in [3.8, 4) is 0 Å².